The number of hydrogen-bond donors (Lipinski definition) is 0. The Kier molecular flexibility index (Phi) is 5.08. The van der Waals surface area contributed by atoms with Crippen LogP contribution in [-0.4, -0.2) is 77.0 Å². The lowest BCUT2D eigenvalue weighted by Crippen LogP contribution is -2.73. The Morgan fingerprint density at radius 1 is 1.00 bits per heavy atom. The number of carbonyl (C=O) groups is 2. The number of amides is 2. The van der Waals surface area contributed by atoms with Gasteiger partial charge in [0.25, 0.3) is 0 Å². The zero-order chi connectivity index (χ0) is 19.8. The van der Waals surface area contributed by atoms with Gasteiger partial charge in [0.15, 0.2) is 0 Å². The molecule has 2 atom stereocenters. The summed E-state index contributed by atoms with van der Waals surface area (Å²) in [5, 5.41) is 0. The molecule has 2 amide bonds. The molecule has 1 aromatic carbocycles. The van der Waals surface area contributed by atoms with Crippen molar-refractivity contribution in [3.63, 3.8) is 0 Å². The quantitative estimate of drug-likeness (QED) is 0.780. The molecule has 0 aromatic heterocycles. The van der Waals surface area contributed by atoms with Crippen molar-refractivity contribution in [2.45, 2.75) is 62.8 Å². The minimum atomic E-state index is -0.670. The van der Waals surface area contributed by atoms with Crippen LogP contribution in [0.3, 0.4) is 0 Å². The highest BCUT2D eigenvalue weighted by Gasteiger charge is 2.58. The van der Waals surface area contributed by atoms with Crippen LogP contribution in [0, 0.1) is 0 Å². The van der Waals surface area contributed by atoms with E-state index < -0.39 is 5.54 Å². The number of piperidine rings is 1. The van der Waals surface area contributed by atoms with Crippen LogP contribution in [0.2, 0.25) is 0 Å². The van der Waals surface area contributed by atoms with Gasteiger partial charge < -0.3 is 14.5 Å². The van der Waals surface area contributed by atoms with E-state index in [0.717, 1.165) is 71.3 Å². The minimum Gasteiger partial charge on any atom is -0.376 e. The first-order valence-electron chi connectivity index (χ1n) is 11.2. The molecule has 2 unspecified atom stereocenters. The maximum absolute atomic E-state index is 13.7. The maximum Gasteiger partial charge on any atom is 0.249 e. The van der Waals surface area contributed by atoms with Crippen molar-refractivity contribution in [3.8, 4) is 0 Å². The number of fused-ring (bicyclic) bond motifs is 1. The molecule has 29 heavy (non-hydrogen) atoms. The SMILES string of the molecule is O=C1C2CCCN2C(=O)C2(CCN(Cc3ccccc3)CC2)N1CC1CCCO1. The van der Waals surface area contributed by atoms with E-state index in [1.807, 2.05) is 15.9 Å². The number of likely N-dealkylation sites (tertiary alicyclic amines) is 1. The molecule has 0 aliphatic carbocycles. The lowest BCUT2D eigenvalue weighted by Gasteiger charge is -2.54. The highest BCUT2D eigenvalue weighted by Crippen LogP contribution is 2.40. The molecule has 6 nitrogen and oxygen atoms in total. The highest BCUT2D eigenvalue weighted by molar-refractivity contribution is 6.00. The Hall–Kier alpha value is -1.92. The standard InChI is InChI=1S/C23H31N3O3/c27-21-20-9-4-12-25(20)22(28)23(26(21)17-19-8-5-15-29-19)10-13-24(14-11-23)16-18-6-2-1-3-7-18/h1-3,6-7,19-20H,4-5,8-17H2. The molecule has 1 spiro atoms. The van der Waals surface area contributed by atoms with E-state index in [9.17, 15) is 9.59 Å². The molecule has 6 heteroatoms. The second kappa shape index (κ2) is 7.73. The number of carbonyl (C=O) groups excluding carboxylic acids is 2. The van der Waals surface area contributed by atoms with E-state index in [2.05, 4.69) is 29.2 Å². The monoisotopic (exact) mass is 397 g/mol. The van der Waals surface area contributed by atoms with Crippen LogP contribution in [0.5, 0.6) is 0 Å². The zero-order valence-electron chi connectivity index (χ0n) is 17.1. The summed E-state index contributed by atoms with van der Waals surface area (Å²) in [7, 11) is 0. The molecule has 0 bridgehead atoms. The first kappa shape index (κ1) is 19.1. The van der Waals surface area contributed by atoms with Crippen molar-refractivity contribution >= 4 is 11.8 Å². The smallest absolute Gasteiger partial charge is 0.249 e. The van der Waals surface area contributed by atoms with Crippen molar-refractivity contribution in [2.24, 2.45) is 0 Å². The predicted molar refractivity (Wildman–Crippen MR) is 109 cm³/mol. The average Bonchev–Trinajstić information content (AvgIpc) is 3.44. The van der Waals surface area contributed by atoms with Gasteiger partial charge in [-0.3, -0.25) is 14.5 Å². The third kappa shape index (κ3) is 3.36. The summed E-state index contributed by atoms with van der Waals surface area (Å²) in [6, 6.07) is 10.2. The van der Waals surface area contributed by atoms with Gasteiger partial charge in [-0.2, -0.15) is 0 Å². The number of ether oxygens (including phenoxy) is 1. The van der Waals surface area contributed by atoms with Gasteiger partial charge in [0, 0.05) is 39.3 Å². The topological polar surface area (TPSA) is 53.1 Å². The van der Waals surface area contributed by atoms with Gasteiger partial charge >= 0.3 is 0 Å². The van der Waals surface area contributed by atoms with Crippen LogP contribution < -0.4 is 0 Å². The van der Waals surface area contributed by atoms with Crippen LogP contribution in [0.1, 0.15) is 44.1 Å². The van der Waals surface area contributed by atoms with Crippen LogP contribution in [-0.2, 0) is 20.9 Å². The van der Waals surface area contributed by atoms with Crippen molar-refractivity contribution in [2.75, 3.05) is 32.8 Å². The fourth-order valence-corrected chi connectivity index (χ4v) is 5.70. The Balaban J connectivity index is 1.36. The summed E-state index contributed by atoms with van der Waals surface area (Å²) in [5.74, 6) is 0.353. The Labute approximate surface area is 172 Å². The Morgan fingerprint density at radius 3 is 2.52 bits per heavy atom. The predicted octanol–water partition coefficient (Wildman–Crippen LogP) is 2.03. The molecule has 0 radical (unpaired) electrons. The van der Waals surface area contributed by atoms with Crippen LogP contribution in [0.4, 0.5) is 0 Å². The minimum absolute atomic E-state index is 0.0823. The van der Waals surface area contributed by atoms with Gasteiger partial charge in [0.1, 0.15) is 11.6 Å². The van der Waals surface area contributed by atoms with Gasteiger partial charge in [0.2, 0.25) is 11.8 Å². The number of piperazine rings is 1. The first-order chi connectivity index (χ1) is 14.2. The summed E-state index contributed by atoms with van der Waals surface area (Å²) >= 11 is 0. The second-order valence-electron chi connectivity index (χ2n) is 9.03. The molecule has 0 N–H and O–H groups in total. The van der Waals surface area contributed by atoms with E-state index in [-0.39, 0.29) is 24.0 Å². The van der Waals surface area contributed by atoms with E-state index in [1.165, 1.54) is 5.56 Å². The van der Waals surface area contributed by atoms with Gasteiger partial charge in [-0.15, -0.1) is 0 Å². The number of rotatable bonds is 4. The van der Waals surface area contributed by atoms with Crippen LogP contribution >= 0.6 is 0 Å². The average molecular weight is 398 g/mol. The molecule has 4 aliphatic heterocycles. The molecule has 4 aliphatic rings. The normalized spacial score (nSPS) is 29.7. The zero-order valence-corrected chi connectivity index (χ0v) is 17.1. The molecule has 4 heterocycles. The summed E-state index contributed by atoms with van der Waals surface area (Å²) in [5.41, 5.74) is 0.627. The second-order valence-corrected chi connectivity index (χ2v) is 9.03. The van der Waals surface area contributed by atoms with Crippen molar-refractivity contribution in [1.29, 1.82) is 0 Å². The van der Waals surface area contributed by atoms with Crippen LogP contribution in [0.25, 0.3) is 0 Å². The summed E-state index contributed by atoms with van der Waals surface area (Å²) in [6.07, 6.45) is 5.31. The largest absolute Gasteiger partial charge is 0.376 e. The molecule has 5 rings (SSSR count). The van der Waals surface area contributed by atoms with Crippen molar-refractivity contribution in [3.05, 3.63) is 35.9 Å². The molecular weight excluding hydrogens is 366 g/mol. The maximum atomic E-state index is 13.7. The molecule has 4 fully saturated rings. The van der Waals surface area contributed by atoms with E-state index in [4.69, 9.17) is 4.74 Å². The fraction of sp³-hybridized carbons (Fsp3) is 0.652. The third-order valence-electron chi connectivity index (χ3n) is 7.32. The van der Waals surface area contributed by atoms with E-state index >= 15 is 0 Å². The first-order valence-corrected chi connectivity index (χ1v) is 11.2. The Bertz CT molecular complexity index is 754. The molecule has 156 valence electrons. The Morgan fingerprint density at radius 2 is 1.79 bits per heavy atom. The van der Waals surface area contributed by atoms with E-state index in [1.54, 1.807) is 0 Å². The van der Waals surface area contributed by atoms with Gasteiger partial charge in [-0.1, -0.05) is 30.3 Å². The summed E-state index contributed by atoms with van der Waals surface area (Å²) in [6.45, 7) is 4.67. The lowest BCUT2D eigenvalue weighted by atomic mass is 9.80. The summed E-state index contributed by atoms with van der Waals surface area (Å²) < 4.78 is 5.86. The molecule has 4 saturated heterocycles. The van der Waals surface area contributed by atoms with Crippen molar-refractivity contribution in [1.82, 2.24) is 14.7 Å². The van der Waals surface area contributed by atoms with E-state index in [0.29, 0.717) is 6.54 Å². The number of nitrogens with zero attached hydrogens (tertiary/aromatic N) is 3. The number of benzene rings is 1. The molecule has 1 aromatic rings. The lowest BCUT2D eigenvalue weighted by molar-refractivity contribution is -0.174. The third-order valence-corrected chi connectivity index (χ3v) is 7.32. The molecule has 0 saturated carbocycles. The fourth-order valence-electron chi connectivity index (χ4n) is 5.70. The summed E-state index contributed by atoms with van der Waals surface area (Å²) in [4.78, 5) is 33.4. The molecular formula is C23H31N3O3. The highest BCUT2D eigenvalue weighted by atomic mass is 16.5. The van der Waals surface area contributed by atoms with Gasteiger partial charge in [-0.25, -0.2) is 0 Å². The number of hydrogen-bond acceptors (Lipinski definition) is 4. The van der Waals surface area contributed by atoms with Crippen molar-refractivity contribution < 1.29 is 14.3 Å². The van der Waals surface area contributed by atoms with Crippen LogP contribution in [0.15, 0.2) is 30.3 Å². The van der Waals surface area contributed by atoms with Gasteiger partial charge in [-0.05, 0) is 44.1 Å². The van der Waals surface area contributed by atoms with Gasteiger partial charge in [0.05, 0.1) is 6.10 Å².